The topological polar surface area (TPSA) is 32.3 Å². The van der Waals surface area contributed by atoms with Gasteiger partial charge in [0.05, 0.1) is 6.04 Å². The Labute approximate surface area is 93.0 Å². The van der Waals surface area contributed by atoms with Gasteiger partial charge in [-0.25, -0.2) is 0 Å². The Morgan fingerprint density at radius 3 is 2.62 bits per heavy atom. The van der Waals surface area contributed by atoms with Crippen LogP contribution >= 0.6 is 0 Å². The van der Waals surface area contributed by atoms with Crippen molar-refractivity contribution in [3.05, 3.63) is 0 Å². The van der Waals surface area contributed by atoms with E-state index in [-0.39, 0.29) is 5.92 Å². The van der Waals surface area contributed by atoms with Crippen molar-refractivity contribution in [2.45, 2.75) is 32.0 Å². The summed E-state index contributed by atoms with van der Waals surface area (Å²) in [5, 5.41) is 2.98. The minimum atomic E-state index is -4.33. The fourth-order valence-corrected chi connectivity index (χ4v) is 1.96. The van der Waals surface area contributed by atoms with E-state index in [0.29, 0.717) is 6.54 Å². The summed E-state index contributed by atoms with van der Waals surface area (Å²) in [6.07, 6.45) is -2.49. The van der Waals surface area contributed by atoms with Gasteiger partial charge in [-0.05, 0) is 25.3 Å². The number of nitrogens with zero attached hydrogens (tertiary/aromatic N) is 1. The van der Waals surface area contributed by atoms with Gasteiger partial charge in [-0.2, -0.15) is 13.2 Å². The van der Waals surface area contributed by atoms with Crippen LogP contribution in [0.1, 0.15) is 19.8 Å². The fourth-order valence-electron chi connectivity index (χ4n) is 1.96. The van der Waals surface area contributed by atoms with Crippen molar-refractivity contribution in [3.63, 3.8) is 0 Å². The highest BCUT2D eigenvalue weighted by Gasteiger charge is 2.35. The molecule has 0 aromatic heterocycles. The summed E-state index contributed by atoms with van der Waals surface area (Å²) in [6, 6.07) is -0.471. The zero-order valence-corrected chi connectivity index (χ0v) is 9.47. The van der Waals surface area contributed by atoms with Crippen LogP contribution in [0.4, 0.5) is 13.2 Å². The maximum Gasteiger partial charge on any atom is 0.406 e. The first-order valence-corrected chi connectivity index (χ1v) is 5.36. The second-order valence-electron chi connectivity index (χ2n) is 4.36. The number of likely N-dealkylation sites (N-methyl/N-ethyl adjacent to an activating group) is 1. The van der Waals surface area contributed by atoms with Gasteiger partial charge in [-0.15, -0.1) is 0 Å². The van der Waals surface area contributed by atoms with Crippen LogP contribution in [0.5, 0.6) is 0 Å². The predicted octanol–water partition coefficient (Wildman–Crippen LogP) is 1.40. The lowest BCUT2D eigenvalue weighted by molar-refractivity contribution is -0.160. The van der Waals surface area contributed by atoms with E-state index in [1.807, 2.05) is 6.92 Å². The highest BCUT2D eigenvalue weighted by atomic mass is 19.4. The van der Waals surface area contributed by atoms with Gasteiger partial charge in [0, 0.05) is 7.05 Å². The lowest BCUT2D eigenvalue weighted by atomic mass is 9.92. The monoisotopic (exact) mass is 238 g/mol. The Morgan fingerprint density at radius 2 is 2.12 bits per heavy atom. The maximum atomic E-state index is 12.1. The minimum absolute atomic E-state index is 0.0944. The largest absolute Gasteiger partial charge is 0.406 e. The summed E-state index contributed by atoms with van der Waals surface area (Å²) in [6.45, 7) is 1.40. The third-order valence-corrected chi connectivity index (χ3v) is 2.83. The molecule has 0 radical (unpaired) electrons. The third kappa shape index (κ3) is 3.66. The van der Waals surface area contributed by atoms with E-state index < -0.39 is 24.7 Å². The van der Waals surface area contributed by atoms with Crippen LogP contribution in [0, 0.1) is 5.92 Å². The average molecular weight is 238 g/mol. The number of piperidine rings is 1. The number of nitrogens with one attached hydrogen (secondary N) is 1. The molecule has 1 heterocycles. The van der Waals surface area contributed by atoms with Gasteiger partial charge < -0.3 is 10.2 Å². The molecule has 94 valence electrons. The van der Waals surface area contributed by atoms with Crippen LogP contribution in [-0.2, 0) is 4.79 Å². The van der Waals surface area contributed by atoms with Gasteiger partial charge >= 0.3 is 6.18 Å². The molecule has 1 saturated heterocycles. The van der Waals surface area contributed by atoms with Gasteiger partial charge in [-0.3, -0.25) is 4.79 Å². The Balaban J connectivity index is 2.55. The van der Waals surface area contributed by atoms with E-state index in [4.69, 9.17) is 0 Å². The summed E-state index contributed by atoms with van der Waals surface area (Å²) in [5.74, 6) is -0.374. The number of hydrogen-bond donors (Lipinski definition) is 1. The second kappa shape index (κ2) is 5.03. The van der Waals surface area contributed by atoms with Crippen LogP contribution in [0.2, 0.25) is 0 Å². The molecule has 6 heteroatoms. The molecule has 1 fully saturated rings. The highest BCUT2D eigenvalue weighted by Crippen LogP contribution is 2.20. The fraction of sp³-hybridized carbons (Fsp3) is 0.900. The number of alkyl halides is 3. The average Bonchev–Trinajstić information content (AvgIpc) is 2.15. The van der Waals surface area contributed by atoms with Crippen molar-refractivity contribution in [2.75, 3.05) is 20.1 Å². The molecule has 2 unspecified atom stereocenters. The SMILES string of the molecule is CC1CCCNC1C(=O)N(C)CC(F)(F)F. The number of rotatable bonds is 2. The van der Waals surface area contributed by atoms with Gasteiger partial charge in [0.25, 0.3) is 0 Å². The number of carbonyl (C=O) groups is 1. The first-order chi connectivity index (χ1) is 7.31. The second-order valence-corrected chi connectivity index (χ2v) is 4.36. The molecule has 1 N–H and O–H groups in total. The van der Waals surface area contributed by atoms with E-state index in [9.17, 15) is 18.0 Å². The molecule has 0 bridgehead atoms. The van der Waals surface area contributed by atoms with Gasteiger partial charge in [0.15, 0.2) is 0 Å². The first kappa shape index (κ1) is 13.3. The summed E-state index contributed by atoms with van der Waals surface area (Å²) in [5.41, 5.74) is 0. The van der Waals surface area contributed by atoms with Crippen molar-refractivity contribution in [2.24, 2.45) is 5.92 Å². The number of halogens is 3. The van der Waals surface area contributed by atoms with Crippen molar-refractivity contribution in [1.82, 2.24) is 10.2 Å². The van der Waals surface area contributed by atoms with Crippen LogP contribution in [-0.4, -0.2) is 43.2 Å². The molecule has 0 aromatic rings. The molecular formula is C10H17F3N2O. The Hall–Kier alpha value is -0.780. The lowest BCUT2D eigenvalue weighted by Gasteiger charge is -2.32. The molecule has 1 aliphatic rings. The van der Waals surface area contributed by atoms with Crippen molar-refractivity contribution >= 4 is 5.91 Å². The molecular weight excluding hydrogens is 221 g/mol. The third-order valence-electron chi connectivity index (χ3n) is 2.83. The summed E-state index contributed by atoms with van der Waals surface area (Å²) in [4.78, 5) is 12.5. The molecule has 3 nitrogen and oxygen atoms in total. The van der Waals surface area contributed by atoms with E-state index in [2.05, 4.69) is 5.32 Å². The van der Waals surface area contributed by atoms with E-state index in [0.717, 1.165) is 17.7 Å². The van der Waals surface area contributed by atoms with E-state index >= 15 is 0 Å². The zero-order chi connectivity index (χ0) is 12.3. The zero-order valence-electron chi connectivity index (χ0n) is 9.47. The summed E-state index contributed by atoms with van der Waals surface area (Å²) < 4.78 is 36.3. The first-order valence-electron chi connectivity index (χ1n) is 5.36. The molecule has 0 aliphatic carbocycles. The molecule has 1 aliphatic heterocycles. The van der Waals surface area contributed by atoms with Gasteiger partial charge in [0.1, 0.15) is 6.54 Å². The van der Waals surface area contributed by atoms with Crippen molar-refractivity contribution in [1.29, 1.82) is 0 Å². The Kier molecular flexibility index (Phi) is 4.18. The highest BCUT2D eigenvalue weighted by molar-refractivity contribution is 5.82. The molecule has 0 saturated carbocycles. The number of hydrogen-bond acceptors (Lipinski definition) is 2. The molecule has 16 heavy (non-hydrogen) atoms. The predicted molar refractivity (Wildman–Crippen MR) is 53.9 cm³/mol. The molecule has 1 rings (SSSR count). The number of amides is 1. The molecule has 2 atom stereocenters. The number of carbonyl (C=O) groups excluding carboxylic acids is 1. The van der Waals surface area contributed by atoms with Gasteiger partial charge in [0.2, 0.25) is 5.91 Å². The van der Waals surface area contributed by atoms with Crippen LogP contribution in [0.25, 0.3) is 0 Å². The molecule has 0 aromatic carbocycles. The smallest absolute Gasteiger partial charge is 0.335 e. The summed E-state index contributed by atoms with van der Waals surface area (Å²) in [7, 11) is 1.19. The van der Waals surface area contributed by atoms with E-state index in [1.54, 1.807) is 0 Å². The summed E-state index contributed by atoms with van der Waals surface area (Å²) >= 11 is 0. The van der Waals surface area contributed by atoms with Crippen LogP contribution < -0.4 is 5.32 Å². The molecule has 0 spiro atoms. The minimum Gasteiger partial charge on any atom is -0.335 e. The lowest BCUT2D eigenvalue weighted by Crippen LogP contribution is -2.52. The Bertz CT molecular complexity index is 255. The van der Waals surface area contributed by atoms with Crippen molar-refractivity contribution < 1.29 is 18.0 Å². The normalized spacial score (nSPS) is 26.6. The maximum absolute atomic E-state index is 12.1. The van der Waals surface area contributed by atoms with Crippen LogP contribution in [0.15, 0.2) is 0 Å². The van der Waals surface area contributed by atoms with E-state index in [1.165, 1.54) is 7.05 Å². The van der Waals surface area contributed by atoms with Crippen molar-refractivity contribution in [3.8, 4) is 0 Å². The molecule has 1 amide bonds. The standard InChI is InChI=1S/C10H17F3N2O/c1-7-4-3-5-14-8(7)9(16)15(2)6-10(11,12)13/h7-8,14H,3-6H2,1-2H3. The van der Waals surface area contributed by atoms with Crippen LogP contribution in [0.3, 0.4) is 0 Å². The Morgan fingerprint density at radius 1 is 1.50 bits per heavy atom. The van der Waals surface area contributed by atoms with Gasteiger partial charge in [-0.1, -0.05) is 6.92 Å². The quantitative estimate of drug-likeness (QED) is 0.788.